The molecule has 0 spiro atoms. The van der Waals surface area contributed by atoms with E-state index in [0.717, 1.165) is 37.7 Å². The Bertz CT molecular complexity index is 803. The number of nitrogens with one attached hydrogen (secondary N) is 2. The summed E-state index contributed by atoms with van der Waals surface area (Å²) in [5.74, 6) is -5.42. The first kappa shape index (κ1) is 35.8. The Morgan fingerprint density at radius 3 is 2.16 bits per heavy atom. The average Bonchev–Trinajstić information content (AvgIpc) is 2.81. The fourth-order valence-corrected chi connectivity index (χ4v) is 3.94. The second-order valence-electron chi connectivity index (χ2n) is 8.97. The molecule has 0 fully saturated rings. The lowest BCUT2D eigenvalue weighted by molar-refractivity contribution is -0.526. The van der Waals surface area contributed by atoms with Gasteiger partial charge in [-0.3, -0.25) is 25.0 Å². The molecule has 0 saturated carbocycles. The van der Waals surface area contributed by atoms with E-state index in [-0.39, 0.29) is 12.3 Å². The molecule has 220 valence electrons. The summed E-state index contributed by atoms with van der Waals surface area (Å²) in [6.45, 7) is 6.29. The number of imide groups is 1. The summed E-state index contributed by atoms with van der Waals surface area (Å²) < 4.78 is 70.5. The zero-order valence-corrected chi connectivity index (χ0v) is 22.2. The van der Waals surface area contributed by atoms with Gasteiger partial charge in [0, 0.05) is 19.3 Å². The number of carbonyl (C=O) groups is 4. The van der Waals surface area contributed by atoms with Gasteiger partial charge in [-0.05, 0) is 37.4 Å². The van der Waals surface area contributed by atoms with Crippen molar-refractivity contribution in [2.45, 2.75) is 77.2 Å². The zero-order chi connectivity index (χ0) is 29.4. The summed E-state index contributed by atoms with van der Waals surface area (Å²) in [6.07, 6.45) is -2.69. The van der Waals surface area contributed by atoms with Gasteiger partial charge >= 0.3 is 12.4 Å². The van der Waals surface area contributed by atoms with E-state index in [2.05, 4.69) is 21.4 Å². The maximum absolute atomic E-state index is 12.6. The van der Waals surface area contributed by atoms with Gasteiger partial charge in [0.2, 0.25) is 17.6 Å². The lowest BCUT2D eigenvalue weighted by atomic mass is 10.1. The Labute approximate surface area is 222 Å². The van der Waals surface area contributed by atoms with E-state index < -0.39 is 41.8 Å². The molecule has 0 aliphatic carbocycles. The van der Waals surface area contributed by atoms with Crippen LogP contribution in [0.2, 0.25) is 0 Å². The van der Waals surface area contributed by atoms with E-state index in [1.165, 1.54) is 6.42 Å². The number of ketones is 1. The first-order valence-electron chi connectivity index (χ1n) is 12.1. The molecule has 1 aliphatic heterocycles. The second kappa shape index (κ2) is 18.2. The number of nitrogens with zero attached hydrogens (tertiary/aromatic N) is 1. The third-order valence-corrected chi connectivity index (χ3v) is 6.21. The molecule has 0 aromatic rings. The molecule has 0 aromatic carbocycles. The molecule has 2 amide bonds. The van der Waals surface area contributed by atoms with E-state index in [0.29, 0.717) is 37.5 Å². The number of carboxylic acids is 1. The summed E-state index contributed by atoms with van der Waals surface area (Å²) in [6, 6.07) is -0.605. The number of halogens is 6. The van der Waals surface area contributed by atoms with Crippen molar-refractivity contribution in [3.8, 4) is 0 Å². The van der Waals surface area contributed by atoms with Crippen LogP contribution in [0.25, 0.3) is 0 Å². The van der Waals surface area contributed by atoms with Gasteiger partial charge in [-0.15, -0.1) is 0 Å². The second-order valence-corrected chi connectivity index (χ2v) is 10.1. The molecule has 1 rings (SSSR count). The highest BCUT2D eigenvalue weighted by molar-refractivity contribution is 7.99. The Balaban J connectivity index is 0.00000171. The van der Waals surface area contributed by atoms with Crippen molar-refractivity contribution in [3.63, 3.8) is 0 Å². The molecular weight excluding hydrogens is 544 g/mol. The smallest absolute Gasteiger partial charge is 0.450 e. The average molecular weight is 580 g/mol. The molecule has 0 aromatic heterocycles. The van der Waals surface area contributed by atoms with Crippen molar-refractivity contribution < 1.29 is 55.2 Å². The van der Waals surface area contributed by atoms with E-state index in [4.69, 9.17) is 9.90 Å². The molecule has 38 heavy (non-hydrogen) atoms. The standard InChI is InChI=1S/C21H34F3N3O3S.C2HF3O2/c1-16(2)8-9-19(29)26-20(30)17(25-10-13-27-11-4-3-5-12-27)7-6-14-31-15-18(28)21(22,23)24;3-2(4,5)1(6)7/h11,16-17,25H,3-10,12-15H2,1-2H3;(H,6,7)/t17-;/m0./s1. The molecule has 0 bridgehead atoms. The molecule has 0 saturated heterocycles. The number of carbonyl (C=O) groups excluding carboxylic acids is 4. The lowest BCUT2D eigenvalue weighted by Gasteiger charge is -2.18. The molecule has 1 heterocycles. The number of thioether (sulfide) groups is 1. The highest BCUT2D eigenvalue weighted by atomic mass is 32.2. The lowest BCUT2D eigenvalue weighted by Crippen LogP contribution is -2.48. The highest BCUT2D eigenvalue weighted by Crippen LogP contribution is 2.19. The summed E-state index contributed by atoms with van der Waals surface area (Å²) in [5.41, 5.74) is 0. The third kappa shape index (κ3) is 18.2. The van der Waals surface area contributed by atoms with Gasteiger partial charge < -0.3 is 9.90 Å². The predicted octanol–water partition coefficient (Wildman–Crippen LogP) is 2.23. The highest BCUT2D eigenvalue weighted by Gasteiger charge is 2.37. The maximum atomic E-state index is 12.6. The molecule has 15 heteroatoms. The van der Waals surface area contributed by atoms with Gasteiger partial charge in [0.05, 0.1) is 18.3 Å². The summed E-state index contributed by atoms with van der Waals surface area (Å²) in [7, 11) is 0. The van der Waals surface area contributed by atoms with Crippen LogP contribution in [-0.4, -0.2) is 83.9 Å². The minimum absolute atomic E-state index is 0.272. The number of hydrogen-bond donors (Lipinski definition) is 2. The van der Waals surface area contributed by atoms with Crippen molar-refractivity contribution in [1.29, 1.82) is 0 Å². The normalized spacial score (nSPS) is 14.7. The Hall–Kier alpha value is -2.16. The monoisotopic (exact) mass is 579 g/mol. The Kier molecular flexibility index (Phi) is 17.2. The third-order valence-electron chi connectivity index (χ3n) is 5.17. The van der Waals surface area contributed by atoms with Crippen LogP contribution in [0.4, 0.5) is 26.3 Å². The van der Waals surface area contributed by atoms with E-state index in [1.54, 1.807) is 0 Å². The van der Waals surface area contributed by atoms with Crippen LogP contribution in [0.1, 0.15) is 58.8 Å². The number of hydrogen-bond acceptors (Lipinski definition) is 7. The van der Waals surface area contributed by atoms with Crippen LogP contribution in [0.3, 0.4) is 0 Å². The summed E-state index contributed by atoms with van der Waals surface area (Å²) in [5, 5.41) is 14.4. The fourth-order valence-electron chi connectivity index (χ4n) is 3.08. The van der Waals surface area contributed by atoms with Crippen LogP contribution in [0.5, 0.6) is 0 Å². The fraction of sp³-hybridized carbons (Fsp3) is 0.783. The molecular formula is C23H35F6N3O5S. The van der Waals surface area contributed by atoms with Crippen LogP contribution in [-0.2, 0) is 19.2 Å². The molecule has 0 unspecified atom stereocenters. The molecule has 1 atom stereocenters. The number of Topliss-reactive ketones (excluding diaryl/α,β-unsaturated/α-hetero) is 1. The predicted molar refractivity (Wildman–Crippen MR) is 128 cm³/mol. The van der Waals surface area contributed by atoms with E-state index in [1.807, 2.05) is 13.8 Å². The van der Waals surface area contributed by atoms with Gasteiger partial charge in [0.15, 0.2) is 6.54 Å². The van der Waals surface area contributed by atoms with Gasteiger partial charge in [-0.25, -0.2) is 4.58 Å². The van der Waals surface area contributed by atoms with Crippen LogP contribution in [0.15, 0.2) is 0 Å². The summed E-state index contributed by atoms with van der Waals surface area (Å²) in [4.78, 5) is 44.3. The first-order chi connectivity index (χ1) is 17.5. The molecule has 8 nitrogen and oxygen atoms in total. The minimum atomic E-state index is -5.19. The largest absolute Gasteiger partial charge is 0.542 e. The number of alkyl halides is 6. The van der Waals surface area contributed by atoms with Crippen LogP contribution >= 0.6 is 11.8 Å². The summed E-state index contributed by atoms with van der Waals surface area (Å²) >= 11 is 0.905. The molecule has 1 aliphatic rings. The van der Waals surface area contributed by atoms with Gasteiger partial charge in [-0.2, -0.15) is 38.1 Å². The molecule has 2 N–H and O–H groups in total. The van der Waals surface area contributed by atoms with Gasteiger partial charge in [0.1, 0.15) is 18.7 Å². The first-order valence-corrected chi connectivity index (χ1v) is 13.3. The number of rotatable bonds is 14. The number of carboxylic acid groups (broad SMARTS) is 1. The number of aliphatic carboxylic acids is 1. The van der Waals surface area contributed by atoms with E-state index >= 15 is 0 Å². The quantitative estimate of drug-likeness (QED) is 0.184. The van der Waals surface area contributed by atoms with Crippen molar-refractivity contribution in [3.05, 3.63) is 0 Å². The van der Waals surface area contributed by atoms with Crippen molar-refractivity contribution in [1.82, 2.24) is 10.6 Å². The van der Waals surface area contributed by atoms with Crippen molar-refractivity contribution >= 4 is 41.5 Å². The zero-order valence-electron chi connectivity index (χ0n) is 21.4. The van der Waals surface area contributed by atoms with Gasteiger partial charge in [0.25, 0.3) is 0 Å². The van der Waals surface area contributed by atoms with E-state index in [9.17, 15) is 40.7 Å². The van der Waals surface area contributed by atoms with Crippen molar-refractivity contribution in [2.24, 2.45) is 5.92 Å². The van der Waals surface area contributed by atoms with Gasteiger partial charge in [-0.1, -0.05) is 13.8 Å². The minimum Gasteiger partial charge on any atom is -0.542 e. The Morgan fingerprint density at radius 2 is 1.66 bits per heavy atom. The maximum Gasteiger partial charge on any atom is 0.450 e. The topological polar surface area (TPSA) is 118 Å². The van der Waals surface area contributed by atoms with Crippen LogP contribution < -0.4 is 15.7 Å². The molecule has 0 radical (unpaired) electrons. The Morgan fingerprint density at radius 1 is 1.03 bits per heavy atom. The van der Waals surface area contributed by atoms with Crippen LogP contribution in [0, 0.1) is 5.92 Å². The number of amides is 2. The van der Waals surface area contributed by atoms with Crippen molar-refractivity contribution in [2.75, 3.05) is 31.1 Å². The SMILES string of the molecule is CC(C)CCC(=O)NC(=O)[C@H](CCCSCC(=O)C(F)(F)F)NCC[N+]1=CCCCC1.O=C([O-])C(F)(F)F.